The Labute approximate surface area is 234 Å². The first-order valence-electron chi connectivity index (χ1n) is 13.1. The lowest BCUT2D eigenvalue weighted by atomic mass is 9.83. The van der Waals surface area contributed by atoms with Crippen molar-refractivity contribution >= 4 is 19.8 Å². The Morgan fingerprint density at radius 1 is 1.12 bits per heavy atom. The summed E-state index contributed by atoms with van der Waals surface area (Å²) in [4.78, 5) is 33.4. The molecule has 0 aliphatic carbocycles. The summed E-state index contributed by atoms with van der Waals surface area (Å²) < 4.78 is 66.2. The van der Waals surface area contributed by atoms with E-state index < -0.39 is 31.3 Å². The van der Waals surface area contributed by atoms with E-state index in [1.807, 2.05) is 6.07 Å². The fourth-order valence-corrected chi connectivity index (χ4v) is 5.92. The minimum absolute atomic E-state index is 0.0651. The molecule has 2 aromatic carbocycles. The quantitative estimate of drug-likeness (QED) is 0.176. The Morgan fingerprint density at radius 3 is 2.54 bits per heavy atom. The van der Waals surface area contributed by atoms with Crippen molar-refractivity contribution in [2.75, 3.05) is 7.11 Å². The monoisotopic (exact) mass is 592 g/mol. The Balaban J connectivity index is 1.41. The highest BCUT2D eigenvalue weighted by Gasteiger charge is 2.40. The van der Waals surface area contributed by atoms with Crippen LogP contribution in [0.2, 0.25) is 0 Å². The number of hydrogen-bond donors (Lipinski definition) is 2. The number of piperidine rings is 2. The van der Waals surface area contributed by atoms with E-state index in [1.165, 1.54) is 11.7 Å². The van der Waals surface area contributed by atoms with Gasteiger partial charge in [-0.2, -0.15) is 4.57 Å². The van der Waals surface area contributed by atoms with E-state index in [-0.39, 0.29) is 24.2 Å². The molecule has 2 aliphatic heterocycles. The molecule has 0 unspecified atom stereocenters. The first kappa shape index (κ1) is 29.1. The summed E-state index contributed by atoms with van der Waals surface area (Å²) in [6.07, 6.45) is 8.50. The van der Waals surface area contributed by atoms with Gasteiger partial charge in [0.1, 0.15) is 11.9 Å². The summed E-state index contributed by atoms with van der Waals surface area (Å²) in [6, 6.07) is 6.72. The maximum absolute atomic E-state index is 14.0. The summed E-state index contributed by atoms with van der Waals surface area (Å²) >= 11 is 0. The molecule has 218 valence electrons. The van der Waals surface area contributed by atoms with E-state index in [0.29, 0.717) is 47.5 Å². The van der Waals surface area contributed by atoms with Crippen LogP contribution in [0, 0.1) is 24.4 Å². The van der Waals surface area contributed by atoms with Gasteiger partial charge in [0.2, 0.25) is 6.73 Å². The minimum Gasteiger partial charge on any atom is -0.492 e. The number of aryl methyl sites for hydroxylation is 1. The highest BCUT2D eigenvalue weighted by atomic mass is 31.2. The molecule has 9 nitrogen and oxygen atoms in total. The lowest BCUT2D eigenvalue weighted by molar-refractivity contribution is -0.596. The van der Waals surface area contributed by atoms with Gasteiger partial charge in [-0.05, 0) is 73.6 Å². The van der Waals surface area contributed by atoms with Gasteiger partial charge in [0.15, 0.2) is 28.9 Å². The van der Waals surface area contributed by atoms with Crippen LogP contribution in [0.1, 0.15) is 55.0 Å². The van der Waals surface area contributed by atoms with Gasteiger partial charge in [0.05, 0.1) is 13.2 Å². The average Bonchev–Trinajstić information content (AvgIpc) is 3.31. The Morgan fingerprint density at radius 2 is 1.85 bits per heavy atom. The van der Waals surface area contributed by atoms with Crippen molar-refractivity contribution in [2.45, 2.75) is 57.8 Å². The molecule has 0 bridgehead atoms. The van der Waals surface area contributed by atoms with E-state index in [4.69, 9.17) is 14.5 Å². The number of fused-ring (bicyclic) bond motifs is 1. The highest BCUT2D eigenvalue weighted by molar-refractivity contribution is 7.46. The largest absolute Gasteiger partial charge is 0.492 e. The van der Waals surface area contributed by atoms with Crippen molar-refractivity contribution in [2.24, 2.45) is 0 Å². The topological polar surface area (TPSA) is 105 Å². The normalized spacial score (nSPS) is 20.4. The molecule has 2 aliphatic rings. The SMILES string of the molecule is COc1cc(C=C2CC[C@@H]3CCC[C@@H](c4cc(F)c(F)c(F)c4)N3C2=O)ccc1-[n+]1cc(C)n(COP(=O)(O)O)c1. The van der Waals surface area contributed by atoms with E-state index >= 15 is 0 Å². The third-order valence-corrected chi connectivity index (χ3v) is 8.07. The molecule has 0 saturated carbocycles. The van der Waals surface area contributed by atoms with Crippen molar-refractivity contribution in [3.05, 3.63) is 82.7 Å². The van der Waals surface area contributed by atoms with Crippen molar-refractivity contribution in [3.8, 4) is 11.4 Å². The van der Waals surface area contributed by atoms with E-state index in [2.05, 4.69) is 4.52 Å². The fraction of sp³-hybridized carbons (Fsp3) is 0.357. The Hall–Kier alpha value is -3.44. The number of methoxy groups -OCH3 is 1. The van der Waals surface area contributed by atoms with Crippen LogP contribution in [-0.4, -0.2) is 38.3 Å². The Kier molecular flexibility index (Phi) is 8.11. The second kappa shape index (κ2) is 11.4. The number of phosphoric ester groups is 1. The van der Waals surface area contributed by atoms with Gasteiger partial charge < -0.3 is 19.4 Å². The summed E-state index contributed by atoms with van der Waals surface area (Å²) in [7, 11) is -3.13. The Bertz CT molecular complexity index is 1550. The molecular formula is C28H30F3N3O6P+. The number of imidazole rings is 1. The molecule has 5 rings (SSSR count). The standard InChI is InChI=1S/C28H29F3N3O6P/c1-17-14-32(15-33(17)16-40-41(36,37)38)25-9-6-18(11-26(25)39-2)10-19-7-8-21-4-3-5-24(34(21)28(19)35)20-12-22(29)27(31)23(30)13-20/h6,9-15,21,24H,3-5,7-8,16H2,1-2H3,(H-,36,37,38)/p+1/t21-,24-/m0/s1. The second-order valence-corrected chi connectivity index (χ2v) is 11.5. The van der Waals surface area contributed by atoms with Crippen LogP contribution < -0.4 is 9.30 Å². The fourth-order valence-electron chi connectivity index (χ4n) is 5.65. The molecule has 41 heavy (non-hydrogen) atoms. The summed E-state index contributed by atoms with van der Waals surface area (Å²) in [6.45, 7) is 1.42. The summed E-state index contributed by atoms with van der Waals surface area (Å²) in [5, 5.41) is 0. The van der Waals surface area contributed by atoms with Crippen molar-refractivity contribution in [1.29, 1.82) is 0 Å². The average molecular weight is 593 g/mol. The molecule has 1 aromatic heterocycles. The minimum atomic E-state index is -4.64. The highest BCUT2D eigenvalue weighted by Crippen LogP contribution is 2.41. The number of rotatable bonds is 7. The predicted molar refractivity (Wildman–Crippen MR) is 141 cm³/mol. The van der Waals surface area contributed by atoms with Gasteiger partial charge in [-0.15, -0.1) is 0 Å². The zero-order valence-corrected chi connectivity index (χ0v) is 23.4. The number of carbonyl (C=O) groups excluding carboxylic acids is 1. The van der Waals surface area contributed by atoms with Crippen molar-refractivity contribution in [3.63, 3.8) is 0 Å². The predicted octanol–water partition coefficient (Wildman–Crippen LogP) is 4.87. The molecule has 1 amide bonds. The van der Waals surface area contributed by atoms with E-state index in [0.717, 1.165) is 25.0 Å². The van der Waals surface area contributed by atoms with Gasteiger partial charge in [0, 0.05) is 18.5 Å². The van der Waals surface area contributed by atoms with E-state index in [9.17, 15) is 22.5 Å². The number of hydrogen-bond acceptors (Lipinski definition) is 4. The smallest absolute Gasteiger partial charge is 0.472 e. The molecule has 2 atom stereocenters. The summed E-state index contributed by atoms with van der Waals surface area (Å²) in [5.41, 5.74) is 2.85. The molecular weight excluding hydrogens is 562 g/mol. The molecule has 0 spiro atoms. The molecule has 3 heterocycles. The molecule has 0 radical (unpaired) electrons. The third-order valence-electron chi connectivity index (χ3n) is 7.62. The number of aromatic nitrogens is 2. The first-order chi connectivity index (χ1) is 19.4. The van der Waals surface area contributed by atoms with Gasteiger partial charge in [-0.1, -0.05) is 6.07 Å². The van der Waals surface area contributed by atoms with Crippen molar-refractivity contribution in [1.82, 2.24) is 9.47 Å². The number of halogens is 3. The molecule has 2 N–H and O–H groups in total. The van der Waals surface area contributed by atoms with Crippen LogP contribution in [0.25, 0.3) is 11.8 Å². The van der Waals surface area contributed by atoms with Crippen LogP contribution in [-0.2, 0) is 20.6 Å². The van der Waals surface area contributed by atoms with Crippen LogP contribution in [0.3, 0.4) is 0 Å². The van der Waals surface area contributed by atoms with Crippen LogP contribution in [0.4, 0.5) is 13.2 Å². The molecule has 2 saturated heterocycles. The number of phosphoric acid groups is 1. The van der Waals surface area contributed by atoms with Crippen molar-refractivity contribution < 1.29 is 46.1 Å². The lowest BCUT2D eigenvalue weighted by Gasteiger charge is -2.46. The number of nitrogens with zero attached hydrogens (tertiary/aromatic N) is 3. The van der Waals surface area contributed by atoms with Gasteiger partial charge >= 0.3 is 7.82 Å². The number of ether oxygens (including phenoxy) is 1. The summed E-state index contributed by atoms with van der Waals surface area (Å²) in [5.74, 6) is -3.79. The molecule has 2 fully saturated rings. The van der Waals surface area contributed by atoms with E-state index in [1.54, 1.807) is 47.1 Å². The van der Waals surface area contributed by atoms with Gasteiger partial charge in [0.25, 0.3) is 12.2 Å². The third kappa shape index (κ3) is 6.11. The van der Waals surface area contributed by atoms with Crippen LogP contribution >= 0.6 is 7.82 Å². The zero-order valence-electron chi connectivity index (χ0n) is 22.5. The van der Waals surface area contributed by atoms with Crippen LogP contribution in [0.5, 0.6) is 5.75 Å². The molecule has 13 heteroatoms. The van der Waals surface area contributed by atoms with Gasteiger partial charge in [-0.25, -0.2) is 26.8 Å². The lowest BCUT2D eigenvalue weighted by Crippen LogP contribution is -2.49. The maximum atomic E-state index is 14.0. The van der Waals surface area contributed by atoms with Crippen LogP contribution in [0.15, 0.2) is 48.4 Å². The van der Waals surface area contributed by atoms with Gasteiger partial charge in [-0.3, -0.25) is 4.79 Å². The number of carbonyl (C=O) groups is 1. The number of amides is 1. The zero-order chi connectivity index (χ0) is 29.5. The second-order valence-electron chi connectivity index (χ2n) is 10.3. The molecule has 3 aromatic rings. The first-order valence-corrected chi connectivity index (χ1v) is 14.6. The maximum Gasteiger partial charge on any atom is 0.472 e. The number of benzene rings is 2.